The van der Waals surface area contributed by atoms with Gasteiger partial charge in [0, 0.05) is 40.4 Å². The molecule has 0 spiro atoms. The van der Waals surface area contributed by atoms with Gasteiger partial charge >= 0.3 is 6.03 Å². The Labute approximate surface area is 109 Å². The SMILES string of the molecule is COC1CCN(C(=O)N2CCC(OC)CC2)CC1. The van der Waals surface area contributed by atoms with Crippen LogP contribution in [0.25, 0.3) is 0 Å². The minimum Gasteiger partial charge on any atom is -0.381 e. The van der Waals surface area contributed by atoms with Crippen molar-refractivity contribution in [2.45, 2.75) is 37.9 Å². The molecule has 5 heteroatoms. The Morgan fingerprint density at radius 3 is 1.44 bits per heavy atom. The predicted octanol–water partition coefficient (Wildman–Crippen LogP) is 1.33. The Balaban J connectivity index is 1.78. The fourth-order valence-corrected chi connectivity index (χ4v) is 2.77. The van der Waals surface area contributed by atoms with Crippen molar-refractivity contribution in [3.05, 3.63) is 0 Å². The summed E-state index contributed by atoms with van der Waals surface area (Å²) in [5.74, 6) is 0. The smallest absolute Gasteiger partial charge is 0.320 e. The van der Waals surface area contributed by atoms with E-state index in [9.17, 15) is 4.79 Å². The zero-order valence-corrected chi connectivity index (χ0v) is 11.4. The number of hydrogen-bond donors (Lipinski definition) is 0. The average Bonchev–Trinajstić information content (AvgIpc) is 2.47. The number of nitrogens with zero attached hydrogens (tertiary/aromatic N) is 2. The molecule has 2 rings (SSSR count). The molecule has 0 aromatic carbocycles. The third-order valence-corrected chi connectivity index (χ3v) is 4.09. The summed E-state index contributed by atoms with van der Waals surface area (Å²) in [6.07, 6.45) is 4.47. The van der Waals surface area contributed by atoms with Gasteiger partial charge in [-0.2, -0.15) is 0 Å². The molecule has 2 aliphatic heterocycles. The highest BCUT2D eigenvalue weighted by atomic mass is 16.5. The van der Waals surface area contributed by atoms with E-state index >= 15 is 0 Å². The van der Waals surface area contributed by atoms with Crippen LogP contribution in [0.15, 0.2) is 0 Å². The molecule has 2 aliphatic rings. The molecule has 0 saturated carbocycles. The van der Waals surface area contributed by atoms with Crippen molar-refractivity contribution >= 4 is 6.03 Å². The normalized spacial score (nSPS) is 23.4. The van der Waals surface area contributed by atoms with Gasteiger partial charge in [-0.15, -0.1) is 0 Å². The lowest BCUT2D eigenvalue weighted by Gasteiger charge is -2.38. The van der Waals surface area contributed by atoms with Crippen molar-refractivity contribution in [1.29, 1.82) is 0 Å². The van der Waals surface area contributed by atoms with E-state index in [1.807, 2.05) is 9.80 Å². The molecule has 2 saturated heterocycles. The first-order valence-electron chi connectivity index (χ1n) is 6.84. The second-order valence-electron chi connectivity index (χ2n) is 5.13. The summed E-state index contributed by atoms with van der Waals surface area (Å²) in [7, 11) is 3.50. The lowest BCUT2D eigenvalue weighted by Crippen LogP contribution is -2.50. The van der Waals surface area contributed by atoms with Crippen LogP contribution in [0.4, 0.5) is 4.79 Å². The zero-order chi connectivity index (χ0) is 13.0. The monoisotopic (exact) mass is 256 g/mol. The summed E-state index contributed by atoms with van der Waals surface area (Å²) in [6, 6.07) is 0.194. The molecule has 2 fully saturated rings. The van der Waals surface area contributed by atoms with Crippen molar-refractivity contribution in [2.24, 2.45) is 0 Å². The van der Waals surface area contributed by atoms with Crippen LogP contribution in [-0.2, 0) is 9.47 Å². The van der Waals surface area contributed by atoms with E-state index in [1.54, 1.807) is 14.2 Å². The number of ether oxygens (including phenoxy) is 2. The molecule has 5 nitrogen and oxygen atoms in total. The molecule has 0 atom stereocenters. The van der Waals surface area contributed by atoms with Gasteiger partial charge in [0.2, 0.25) is 0 Å². The number of amides is 2. The third kappa shape index (κ3) is 3.14. The number of urea groups is 1. The van der Waals surface area contributed by atoms with Crippen molar-refractivity contribution < 1.29 is 14.3 Å². The summed E-state index contributed by atoms with van der Waals surface area (Å²) in [6.45, 7) is 3.28. The van der Waals surface area contributed by atoms with Crippen LogP contribution >= 0.6 is 0 Å². The van der Waals surface area contributed by atoms with Gasteiger partial charge in [-0.05, 0) is 25.7 Å². The van der Waals surface area contributed by atoms with Crippen LogP contribution in [0.1, 0.15) is 25.7 Å². The fourth-order valence-electron chi connectivity index (χ4n) is 2.77. The summed E-state index contributed by atoms with van der Waals surface area (Å²) in [5.41, 5.74) is 0. The number of carbonyl (C=O) groups excluding carboxylic acids is 1. The second-order valence-corrected chi connectivity index (χ2v) is 5.13. The molecular formula is C13H24N2O3. The quantitative estimate of drug-likeness (QED) is 0.748. The first-order chi connectivity index (χ1) is 8.74. The van der Waals surface area contributed by atoms with Crippen LogP contribution < -0.4 is 0 Å². The molecule has 0 aromatic heterocycles. The zero-order valence-electron chi connectivity index (χ0n) is 11.4. The highest BCUT2D eigenvalue weighted by Crippen LogP contribution is 2.18. The first-order valence-corrected chi connectivity index (χ1v) is 6.84. The number of carbonyl (C=O) groups is 1. The minimum absolute atomic E-state index is 0.194. The van der Waals surface area contributed by atoms with Gasteiger partial charge < -0.3 is 19.3 Å². The summed E-state index contributed by atoms with van der Waals surface area (Å²) in [4.78, 5) is 16.2. The maximum atomic E-state index is 12.3. The summed E-state index contributed by atoms with van der Waals surface area (Å²) in [5, 5.41) is 0. The van der Waals surface area contributed by atoms with Crippen LogP contribution in [0, 0.1) is 0 Å². The van der Waals surface area contributed by atoms with E-state index in [-0.39, 0.29) is 6.03 Å². The van der Waals surface area contributed by atoms with Gasteiger partial charge in [0.25, 0.3) is 0 Å². The topological polar surface area (TPSA) is 42.0 Å². The molecule has 0 radical (unpaired) electrons. The maximum absolute atomic E-state index is 12.3. The lowest BCUT2D eigenvalue weighted by atomic mass is 10.1. The predicted molar refractivity (Wildman–Crippen MR) is 68.6 cm³/mol. The van der Waals surface area contributed by atoms with E-state index in [0.717, 1.165) is 51.9 Å². The van der Waals surface area contributed by atoms with E-state index in [2.05, 4.69) is 0 Å². The summed E-state index contributed by atoms with van der Waals surface area (Å²) >= 11 is 0. The Morgan fingerprint density at radius 2 is 1.17 bits per heavy atom. The van der Waals surface area contributed by atoms with Crippen molar-refractivity contribution in [3.63, 3.8) is 0 Å². The van der Waals surface area contributed by atoms with Crippen LogP contribution in [0.3, 0.4) is 0 Å². The van der Waals surface area contributed by atoms with E-state index in [4.69, 9.17) is 9.47 Å². The molecule has 2 amide bonds. The Morgan fingerprint density at radius 1 is 0.833 bits per heavy atom. The van der Waals surface area contributed by atoms with E-state index < -0.39 is 0 Å². The average molecular weight is 256 g/mol. The van der Waals surface area contributed by atoms with Gasteiger partial charge in [-0.1, -0.05) is 0 Å². The summed E-state index contributed by atoms with van der Waals surface area (Å²) < 4.78 is 10.7. The van der Waals surface area contributed by atoms with Crippen molar-refractivity contribution in [3.8, 4) is 0 Å². The van der Waals surface area contributed by atoms with E-state index in [0.29, 0.717) is 12.2 Å². The Kier molecular flexibility index (Phi) is 4.83. The van der Waals surface area contributed by atoms with E-state index in [1.165, 1.54) is 0 Å². The van der Waals surface area contributed by atoms with Gasteiger partial charge in [-0.25, -0.2) is 4.79 Å². The molecule has 0 N–H and O–H groups in total. The van der Waals surface area contributed by atoms with Crippen LogP contribution in [0.5, 0.6) is 0 Å². The molecule has 0 bridgehead atoms. The third-order valence-electron chi connectivity index (χ3n) is 4.09. The molecule has 0 aliphatic carbocycles. The highest BCUT2D eigenvalue weighted by molar-refractivity contribution is 5.74. The molecule has 0 aromatic rings. The maximum Gasteiger partial charge on any atom is 0.320 e. The lowest BCUT2D eigenvalue weighted by molar-refractivity contribution is 0.0288. The van der Waals surface area contributed by atoms with Gasteiger partial charge in [0.1, 0.15) is 0 Å². The highest BCUT2D eigenvalue weighted by Gasteiger charge is 2.28. The van der Waals surface area contributed by atoms with Crippen molar-refractivity contribution in [1.82, 2.24) is 9.80 Å². The molecule has 18 heavy (non-hydrogen) atoms. The molecular weight excluding hydrogens is 232 g/mol. The van der Waals surface area contributed by atoms with Gasteiger partial charge in [0.05, 0.1) is 12.2 Å². The van der Waals surface area contributed by atoms with Gasteiger partial charge in [-0.3, -0.25) is 0 Å². The first kappa shape index (κ1) is 13.6. The van der Waals surface area contributed by atoms with Crippen LogP contribution in [-0.4, -0.2) is 68.4 Å². The van der Waals surface area contributed by atoms with Crippen LogP contribution in [0.2, 0.25) is 0 Å². The Bertz CT molecular complexity index is 243. The number of likely N-dealkylation sites (tertiary alicyclic amines) is 2. The molecule has 104 valence electrons. The standard InChI is InChI=1S/C13H24N2O3/c1-17-11-3-7-14(8-4-11)13(16)15-9-5-12(18-2)6-10-15/h11-12H,3-10H2,1-2H3. The largest absolute Gasteiger partial charge is 0.381 e. The van der Waals surface area contributed by atoms with Gasteiger partial charge in [0.15, 0.2) is 0 Å². The fraction of sp³-hybridized carbons (Fsp3) is 0.923. The van der Waals surface area contributed by atoms with Crippen molar-refractivity contribution in [2.75, 3.05) is 40.4 Å². The molecule has 2 heterocycles. The number of rotatable bonds is 2. The Hall–Kier alpha value is -0.810. The number of hydrogen-bond acceptors (Lipinski definition) is 3. The number of methoxy groups -OCH3 is 2. The minimum atomic E-state index is 0.194. The number of piperidine rings is 2. The molecule has 0 unspecified atom stereocenters. The second kappa shape index (κ2) is 6.38.